The second-order valence-corrected chi connectivity index (χ2v) is 6.80. The molecule has 0 bridgehead atoms. The van der Waals surface area contributed by atoms with Gasteiger partial charge in [0.15, 0.2) is 5.82 Å². The van der Waals surface area contributed by atoms with Crippen LogP contribution in [0.15, 0.2) is 53.1 Å². The Hall–Kier alpha value is -2.86. The lowest BCUT2D eigenvalue weighted by molar-refractivity contribution is -0.116. The predicted molar refractivity (Wildman–Crippen MR) is 110 cm³/mol. The van der Waals surface area contributed by atoms with Gasteiger partial charge in [0.25, 0.3) is 0 Å². The zero-order valence-corrected chi connectivity index (χ0v) is 16.5. The van der Waals surface area contributed by atoms with E-state index in [1.54, 1.807) is 6.07 Å². The molecule has 28 heavy (non-hydrogen) atoms. The van der Waals surface area contributed by atoms with Crippen molar-refractivity contribution < 1.29 is 9.32 Å². The highest BCUT2D eigenvalue weighted by atomic mass is 35.5. The number of nitrogens with zero attached hydrogens (tertiary/aromatic N) is 2. The summed E-state index contributed by atoms with van der Waals surface area (Å²) in [6, 6.07) is 15.5. The highest BCUT2D eigenvalue weighted by Gasteiger charge is 2.08. The summed E-state index contributed by atoms with van der Waals surface area (Å²) in [7, 11) is 0. The maximum absolute atomic E-state index is 12.1. The van der Waals surface area contributed by atoms with Crippen LogP contribution in [0, 0.1) is 0 Å². The number of hydrogen-bond donors (Lipinski definition) is 2. The molecule has 0 aliphatic carbocycles. The van der Waals surface area contributed by atoms with Crippen LogP contribution < -0.4 is 10.6 Å². The lowest BCUT2D eigenvalue weighted by atomic mass is 10.2. The molecule has 0 fully saturated rings. The number of anilines is 2. The minimum absolute atomic E-state index is 0.0729. The number of aryl methyl sites for hydroxylation is 2. The van der Waals surface area contributed by atoms with E-state index in [1.807, 2.05) is 49.4 Å². The van der Waals surface area contributed by atoms with Crippen LogP contribution in [0.1, 0.15) is 37.0 Å². The Kier molecular flexibility index (Phi) is 7.03. The molecule has 0 saturated carbocycles. The maximum Gasteiger partial charge on any atom is 0.226 e. The van der Waals surface area contributed by atoms with E-state index in [9.17, 15) is 4.79 Å². The Bertz CT molecular complexity index is 912. The van der Waals surface area contributed by atoms with Crippen molar-refractivity contribution >= 4 is 28.9 Å². The van der Waals surface area contributed by atoms with Crippen molar-refractivity contribution in [2.24, 2.45) is 0 Å². The number of rotatable bonds is 9. The first-order chi connectivity index (χ1) is 13.6. The van der Waals surface area contributed by atoms with E-state index >= 15 is 0 Å². The smallest absolute Gasteiger partial charge is 0.226 e. The molecule has 2 aromatic carbocycles. The average Bonchev–Trinajstić information content (AvgIpc) is 3.16. The van der Waals surface area contributed by atoms with Crippen LogP contribution in [0.2, 0.25) is 5.02 Å². The minimum atomic E-state index is -0.0729. The van der Waals surface area contributed by atoms with Crippen molar-refractivity contribution in [2.45, 2.75) is 39.2 Å². The number of aromatic nitrogens is 2. The lowest BCUT2D eigenvalue weighted by Crippen LogP contribution is -2.11. The van der Waals surface area contributed by atoms with Gasteiger partial charge in [-0.05, 0) is 30.2 Å². The summed E-state index contributed by atoms with van der Waals surface area (Å²) in [4.78, 5) is 16.4. The summed E-state index contributed by atoms with van der Waals surface area (Å²) < 4.78 is 5.12. The largest absolute Gasteiger partial charge is 0.380 e. The zero-order valence-electron chi connectivity index (χ0n) is 15.7. The van der Waals surface area contributed by atoms with Gasteiger partial charge in [-0.1, -0.05) is 54.0 Å². The molecule has 6 nitrogen and oxygen atoms in total. The molecule has 1 amide bonds. The van der Waals surface area contributed by atoms with Gasteiger partial charge >= 0.3 is 0 Å². The summed E-state index contributed by atoms with van der Waals surface area (Å²) >= 11 is 6.34. The average molecular weight is 399 g/mol. The molecule has 0 aliphatic heterocycles. The SMILES string of the molecule is CCc1noc(CCCC(=O)Nc2ccc(NCc3ccccc3)c(Cl)c2)n1. The normalized spacial score (nSPS) is 10.6. The second kappa shape index (κ2) is 9.90. The Morgan fingerprint density at radius 3 is 2.71 bits per heavy atom. The number of carbonyl (C=O) groups is 1. The number of halogens is 1. The number of nitrogens with one attached hydrogen (secondary N) is 2. The van der Waals surface area contributed by atoms with Crippen LogP contribution in [-0.2, 0) is 24.2 Å². The van der Waals surface area contributed by atoms with E-state index in [-0.39, 0.29) is 5.91 Å². The third kappa shape index (κ3) is 5.82. The Morgan fingerprint density at radius 1 is 1.18 bits per heavy atom. The third-order valence-electron chi connectivity index (χ3n) is 4.20. The number of benzene rings is 2. The molecule has 0 saturated heterocycles. The number of carbonyl (C=O) groups excluding carboxylic acids is 1. The summed E-state index contributed by atoms with van der Waals surface area (Å²) in [6.07, 6.45) is 2.33. The van der Waals surface area contributed by atoms with E-state index in [0.717, 1.165) is 12.1 Å². The van der Waals surface area contributed by atoms with Gasteiger partial charge in [0.1, 0.15) is 0 Å². The van der Waals surface area contributed by atoms with Gasteiger partial charge in [0.05, 0.1) is 10.7 Å². The fourth-order valence-electron chi connectivity index (χ4n) is 2.69. The first-order valence-corrected chi connectivity index (χ1v) is 9.70. The molecule has 0 radical (unpaired) electrons. The Balaban J connectivity index is 1.45. The van der Waals surface area contributed by atoms with Crippen molar-refractivity contribution in [3.05, 3.63) is 70.8 Å². The molecular weight excluding hydrogens is 376 g/mol. The first-order valence-electron chi connectivity index (χ1n) is 9.32. The van der Waals surface area contributed by atoms with E-state index in [0.29, 0.717) is 48.2 Å². The van der Waals surface area contributed by atoms with Crippen molar-refractivity contribution in [3.63, 3.8) is 0 Å². The summed E-state index contributed by atoms with van der Waals surface area (Å²) in [5, 5.41) is 10.6. The molecule has 0 unspecified atom stereocenters. The van der Waals surface area contributed by atoms with Crippen molar-refractivity contribution in [2.75, 3.05) is 10.6 Å². The van der Waals surface area contributed by atoms with Gasteiger partial charge in [-0.3, -0.25) is 4.79 Å². The van der Waals surface area contributed by atoms with Gasteiger partial charge in [-0.2, -0.15) is 4.98 Å². The van der Waals surface area contributed by atoms with Crippen LogP contribution >= 0.6 is 11.6 Å². The highest BCUT2D eigenvalue weighted by molar-refractivity contribution is 6.33. The molecule has 0 spiro atoms. The quantitative estimate of drug-likeness (QED) is 0.538. The second-order valence-electron chi connectivity index (χ2n) is 6.39. The number of hydrogen-bond acceptors (Lipinski definition) is 5. The van der Waals surface area contributed by atoms with Gasteiger partial charge < -0.3 is 15.2 Å². The van der Waals surface area contributed by atoms with Gasteiger partial charge in [-0.15, -0.1) is 0 Å². The van der Waals surface area contributed by atoms with Crippen LogP contribution in [0.25, 0.3) is 0 Å². The fourth-order valence-corrected chi connectivity index (χ4v) is 2.94. The van der Waals surface area contributed by atoms with Crippen molar-refractivity contribution in [3.8, 4) is 0 Å². The third-order valence-corrected chi connectivity index (χ3v) is 4.51. The van der Waals surface area contributed by atoms with Gasteiger partial charge in [0, 0.05) is 31.5 Å². The van der Waals surface area contributed by atoms with E-state index in [4.69, 9.17) is 16.1 Å². The minimum Gasteiger partial charge on any atom is -0.380 e. The predicted octanol–water partition coefficient (Wildman–Crippen LogP) is 4.86. The van der Waals surface area contributed by atoms with Crippen LogP contribution in [0.5, 0.6) is 0 Å². The fraction of sp³-hybridized carbons (Fsp3) is 0.286. The molecule has 7 heteroatoms. The molecule has 1 aromatic heterocycles. The molecular formula is C21H23ClN4O2. The van der Waals surface area contributed by atoms with E-state index < -0.39 is 0 Å². The lowest BCUT2D eigenvalue weighted by Gasteiger charge is -2.11. The van der Waals surface area contributed by atoms with Crippen LogP contribution in [0.4, 0.5) is 11.4 Å². The summed E-state index contributed by atoms with van der Waals surface area (Å²) in [5.41, 5.74) is 2.67. The van der Waals surface area contributed by atoms with Crippen molar-refractivity contribution in [1.29, 1.82) is 0 Å². The Morgan fingerprint density at radius 2 is 2.00 bits per heavy atom. The summed E-state index contributed by atoms with van der Waals surface area (Å²) in [5.74, 6) is 1.19. The van der Waals surface area contributed by atoms with Gasteiger partial charge in [-0.25, -0.2) is 0 Å². The van der Waals surface area contributed by atoms with Crippen LogP contribution in [0.3, 0.4) is 0 Å². The maximum atomic E-state index is 12.1. The highest BCUT2D eigenvalue weighted by Crippen LogP contribution is 2.26. The zero-order chi connectivity index (χ0) is 19.8. The van der Waals surface area contributed by atoms with Crippen LogP contribution in [-0.4, -0.2) is 16.0 Å². The molecule has 146 valence electrons. The monoisotopic (exact) mass is 398 g/mol. The molecule has 3 rings (SSSR count). The van der Waals surface area contributed by atoms with Crippen molar-refractivity contribution in [1.82, 2.24) is 10.1 Å². The first kappa shape index (κ1) is 19.9. The number of amides is 1. The molecule has 1 heterocycles. The standard InChI is InChI=1S/C21H23ClN4O2/c1-2-19-25-21(28-26-19)10-6-9-20(27)24-16-11-12-18(17(22)13-16)23-14-15-7-4-3-5-8-15/h3-5,7-8,11-13,23H,2,6,9-10,14H2,1H3,(H,24,27). The summed E-state index contributed by atoms with van der Waals surface area (Å²) in [6.45, 7) is 2.65. The van der Waals surface area contributed by atoms with E-state index in [2.05, 4.69) is 20.8 Å². The Labute approximate surface area is 169 Å². The molecule has 2 N–H and O–H groups in total. The molecule has 0 aliphatic rings. The molecule has 0 atom stereocenters. The molecule has 3 aromatic rings. The van der Waals surface area contributed by atoms with Gasteiger partial charge in [0.2, 0.25) is 11.8 Å². The topological polar surface area (TPSA) is 80.0 Å². The van der Waals surface area contributed by atoms with E-state index in [1.165, 1.54) is 5.56 Å².